The van der Waals surface area contributed by atoms with Crippen LogP contribution in [0.1, 0.15) is 22.3 Å². The minimum absolute atomic E-state index is 1.32. The molecule has 0 spiro atoms. The van der Waals surface area contributed by atoms with E-state index in [1.165, 1.54) is 39.1 Å². The van der Waals surface area contributed by atoms with Crippen molar-refractivity contribution in [2.75, 3.05) is 0 Å². The number of benzene rings is 4. The first-order valence-electron chi connectivity index (χ1n) is 12.6. The summed E-state index contributed by atoms with van der Waals surface area (Å²) in [5, 5.41) is 3.20. The molecule has 1 aliphatic heterocycles. The highest BCUT2D eigenvalue weighted by molar-refractivity contribution is 7.19. The summed E-state index contributed by atoms with van der Waals surface area (Å²) in [7, 11) is -3.54. The molecule has 0 amide bonds. The lowest BCUT2D eigenvalue weighted by Gasteiger charge is -2.35. The third-order valence-electron chi connectivity index (χ3n) is 6.99. The molecule has 0 saturated heterocycles. The largest absolute Gasteiger partial charge is 0.115 e. The Morgan fingerprint density at radius 2 is 0.743 bits per heavy atom. The summed E-state index contributed by atoms with van der Waals surface area (Å²) in [6.45, 7) is 10.3. The number of allylic oxidation sites excluding steroid dienone is 2. The van der Waals surface area contributed by atoms with Gasteiger partial charge in [0, 0.05) is 8.07 Å². The normalized spacial score (nSPS) is 15.5. The zero-order valence-corrected chi connectivity index (χ0v) is 23.3. The molecule has 0 aromatic heterocycles. The molecule has 0 atom stereocenters. The third-order valence-corrected chi connectivity index (χ3v) is 17.3. The van der Waals surface area contributed by atoms with E-state index in [9.17, 15) is 0 Å². The van der Waals surface area contributed by atoms with Crippen LogP contribution in [0.15, 0.2) is 121 Å². The van der Waals surface area contributed by atoms with Crippen LogP contribution in [0.2, 0.25) is 31.9 Å². The van der Waals surface area contributed by atoms with E-state index in [0.717, 1.165) is 0 Å². The van der Waals surface area contributed by atoms with E-state index in [1.54, 1.807) is 10.4 Å². The van der Waals surface area contributed by atoms with E-state index in [4.69, 9.17) is 0 Å². The van der Waals surface area contributed by atoms with Crippen LogP contribution in [0, 0.1) is 0 Å². The molecule has 0 saturated carbocycles. The number of hydrogen-bond donors (Lipinski definition) is 0. The lowest BCUT2D eigenvalue weighted by molar-refractivity contribution is 1.54. The van der Waals surface area contributed by atoms with Gasteiger partial charge in [0.15, 0.2) is 0 Å². The Morgan fingerprint density at radius 3 is 1.03 bits per heavy atom. The van der Waals surface area contributed by atoms with Crippen LogP contribution in [0.3, 0.4) is 0 Å². The molecular weight excluding hydrogens is 453 g/mol. The van der Waals surface area contributed by atoms with Crippen molar-refractivity contribution in [2.24, 2.45) is 0 Å². The van der Waals surface area contributed by atoms with Crippen molar-refractivity contribution < 1.29 is 0 Å². The second-order valence-corrected chi connectivity index (χ2v) is 21.2. The molecule has 0 radical (unpaired) electrons. The molecule has 0 aliphatic carbocycles. The van der Waals surface area contributed by atoms with E-state index >= 15 is 0 Å². The van der Waals surface area contributed by atoms with Crippen molar-refractivity contribution in [2.45, 2.75) is 31.9 Å². The van der Waals surface area contributed by atoms with Crippen molar-refractivity contribution in [3.8, 4) is 0 Å². The monoisotopic (exact) mass is 486 g/mol. The lowest BCUT2D eigenvalue weighted by Crippen LogP contribution is -2.41. The van der Waals surface area contributed by atoms with Crippen LogP contribution < -0.4 is 0 Å². The molecule has 1 aliphatic rings. The molecule has 1 heterocycles. The molecule has 0 N–H and O–H groups in total. The van der Waals surface area contributed by atoms with Gasteiger partial charge < -0.3 is 0 Å². The Labute approximate surface area is 212 Å². The van der Waals surface area contributed by atoms with Gasteiger partial charge in [-0.3, -0.25) is 0 Å². The van der Waals surface area contributed by atoms with Crippen molar-refractivity contribution in [3.63, 3.8) is 0 Å². The highest BCUT2D eigenvalue weighted by atomic mass is 28.4. The molecular formula is C33H34Si2. The fourth-order valence-corrected chi connectivity index (χ4v) is 19.5. The molecule has 0 fully saturated rings. The SMILES string of the molecule is C[Si](C)(C)C[Si]1(C)C(c2ccccc2)=C(c2ccccc2)C(c2ccccc2)=C1c1ccccc1. The Hall–Kier alpha value is -3.21. The van der Waals surface area contributed by atoms with Gasteiger partial charge in [0.2, 0.25) is 0 Å². The summed E-state index contributed by atoms with van der Waals surface area (Å²) in [6, 6.07) is 44.7. The molecule has 4 aromatic carbocycles. The fourth-order valence-electron chi connectivity index (χ4n) is 6.09. The van der Waals surface area contributed by atoms with Gasteiger partial charge in [0.05, 0.1) is 0 Å². The van der Waals surface area contributed by atoms with Crippen LogP contribution in [-0.4, -0.2) is 16.1 Å². The maximum absolute atomic E-state index is 2.65. The average Bonchev–Trinajstić information content (AvgIpc) is 3.13. The Morgan fingerprint density at radius 1 is 0.457 bits per heavy atom. The fraction of sp³-hybridized carbons (Fsp3) is 0.152. The second-order valence-electron chi connectivity index (χ2n) is 11.0. The highest BCUT2D eigenvalue weighted by Crippen LogP contribution is 2.57. The maximum Gasteiger partial charge on any atom is 0.115 e. The summed E-state index contributed by atoms with van der Waals surface area (Å²) in [6.07, 6.45) is 0. The average molecular weight is 487 g/mol. The standard InChI is InChI=1S/C33H34Si2/c1-34(2,3)25-35(4)32(28-21-13-7-14-22-28)30(26-17-9-5-10-18-26)31(27-19-11-6-12-20-27)33(35)29-23-15-8-16-24-29/h5-24H,25H2,1-4H3. The minimum Gasteiger partial charge on any atom is -0.0697 e. The van der Waals surface area contributed by atoms with E-state index in [0.29, 0.717) is 0 Å². The highest BCUT2D eigenvalue weighted by Gasteiger charge is 2.48. The topological polar surface area (TPSA) is 0 Å². The number of hydrogen-bond acceptors (Lipinski definition) is 0. The summed E-state index contributed by atoms with van der Waals surface area (Å²) >= 11 is 0. The molecule has 0 unspecified atom stereocenters. The quantitative estimate of drug-likeness (QED) is 0.238. The van der Waals surface area contributed by atoms with Crippen LogP contribution >= 0.6 is 0 Å². The predicted molar refractivity (Wildman–Crippen MR) is 159 cm³/mol. The molecule has 35 heavy (non-hydrogen) atoms. The van der Waals surface area contributed by atoms with Gasteiger partial charge in [-0.05, 0) is 43.8 Å². The summed E-state index contributed by atoms with van der Waals surface area (Å²) in [5.74, 6) is 0. The predicted octanol–water partition coefficient (Wildman–Crippen LogP) is 9.26. The van der Waals surface area contributed by atoms with E-state index in [-0.39, 0.29) is 0 Å². The summed E-state index contributed by atoms with van der Waals surface area (Å²) in [4.78, 5) is 0. The van der Waals surface area contributed by atoms with Crippen LogP contribution in [-0.2, 0) is 0 Å². The van der Waals surface area contributed by atoms with Gasteiger partial charge in [-0.15, -0.1) is 0 Å². The maximum atomic E-state index is 2.65. The Kier molecular flexibility index (Phi) is 6.35. The molecule has 0 bridgehead atoms. The Balaban J connectivity index is 1.96. The first-order valence-corrected chi connectivity index (χ1v) is 19.0. The van der Waals surface area contributed by atoms with Crippen LogP contribution in [0.25, 0.3) is 21.5 Å². The van der Waals surface area contributed by atoms with Crippen molar-refractivity contribution >= 4 is 37.7 Å². The molecule has 5 rings (SSSR count). The molecule has 4 aromatic rings. The first-order chi connectivity index (χ1) is 16.9. The van der Waals surface area contributed by atoms with Crippen LogP contribution in [0.4, 0.5) is 0 Å². The van der Waals surface area contributed by atoms with Gasteiger partial charge >= 0.3 is 0 Å². The third kappa shape index (κ3) is 4.56. The minimum atomic E-state index is -2.13. The first kappa shape index (κ1) is 23.5. The van der Waals surface area contributed by atoms with Gasteiger partial charge in [-0.1, -0.05) is 153 Å². The molecule has 2 heteroatoms. The van der Waals surface area contributed by atoms with Crippen molar-refractivity contribution in [1.29, 1.82) is 0 Å². The van der Waals surface area contributed by atoms with E-state index in [1.807, 2.05) is 0 Å². The lowest BCUT2D eigenvalue weighted by atomic mass is 9.89. The Bertz CT molecular complexity index is 1260. The van der Waals surface area contributed by atoms with E-state index < -0.39 is 16.1 Å². The van der Waals surface area contributed by atoms with Gasteiger partial charge in [-0.2, -0.15) is 0 Å². The smallest absolute Gasteiger partial charge is 0.0697 e. The number of rotatable bonds is 6. The van der Waals surface area contributed by atoms with E-state index in [2.05, 4.69) is 148 Å². The van der Waals surface area contributed by atoms with Crippen molar-refractivity contribution in [1.82, 2.24) is 0 Å². The summed E-state index contributed by atoms with van der Waals surface area (Å²) < 4.78 is 0. The molecule has 174 valence electrons. The zero-order chi connectivity index (χ0) is 24.5. The molecule has 0 nitrogen and oxygen atoms in total. The van der Waals surface area contributed by atoms with Gasteiger partial charge in [0.25, 0.3) is 0 Å². The van der Waals surface area contributed by atoms with Gasteiger partial charge in [0.1, 0.15) is 8.07 Å². The van der Waals surface area contributed by atoms with Crippen LogP contribution in [0.5, 0.6) is 0 Å². The zero-order valence-electron chi connectivity index (χ0n) is 21.3. The summed E-state index contributed by atoms with van der Waals surface area (Å²) in [5.41, 5.74) is 9.62. The second kappa shape index (κ2) is 9.45. The van der Waals surface area contributed by atoms with Gasteiger partial charge in [-0.25, -0.2) is 0 Å². The van der Waals surface area contributed by atoms with Crippen molar-refractivity contribution in [3.05, 3.63) is 144 Å².